The van der Waals surface area contributed by atoms with Crippen molar-refractivity contribution < 1.29 is 17.6 Å². The molecule has 2 N–H and O–H groups in total. The van der Waals surface area contributed by atoms with E-state index in [-0.39, 0.29) is 28.8 Å². The summed E-state index contributed by atoms with van der Waals surface area (Å²) in [4.78, 5) is 21.3. The summed E-state index contributed by atoms with van der Waals surface area (Å²) in [6.07, 6.45) is -2.83. The second kappa shape index (κ2) is 7.11. The molecule has 1 aliphatic heterocycles. The summed E-state index contributed by atoms with van der Waals surface area (Å²) in [6.45, 7) is 0.584. The van der Waals surface area contributed by atoms with E-state index >= 15 is 0 Å². The summed E-state index contributed by atoms with van der Waals surface area (Å²) in [5.74, 6) is 0.195. The van der Waals surface area contributed by atoms with Crippen LogP contribution in [-0.2, 0) is 13.2 Å². The second-order valence-electron chi connectivity index (χ2n) is 6.90. The SMILES string of the molecule is Cn1cnc2c(-c3ccc(C(F)(F)F)cc3)cnc(N[C@@H]3CNC[C@@H]3F)c2c1=O. The molecular formula is C19H17F4N5O. The Balaban J connectivity index is 1.84. The molecule has 0 spiro atoms. The Hall–Kier alpha value is -3.01. The van der Waals surface area contributed by atoms with Crippen molar-refractivity contribution in [2.45, 2.75) is 18.4 Å². The summed E-state index contributed by atoms with van der Waals surface area (Å²) < 4.78 is 53.8. The van der Waals surface area contributed by atoms with Crippen LogP contribution in [0, 0.1) is 0 Å². The van der Waals surface area contributed by atoms with E-state index in [4.69, 9.17) is 0 Å². The predicted octanol–water partition coefficient (Wildman–Crippen LogP) is 2.74. The van der Waals surface area contributed by atoms with Crippen LogP contribution in [0.15, 0.2) is 41.6 Å². The van der Waals surface area contributed by atoms with Gasteiger partial charge in [0.2, 0.25) is 0 Å². The average Bonchev–Trinajstić information content (AvgIpc) is 3.09. The van der Waals surface area contributed by atoms with E-state index in [2.05, 4.69) is 20.6 Å². The fraction of sp³-hybridized carbons (Fsp3) is 0.316. The molecule has 0 aliphatic carbocycles. The lowest BCUT2D eigenvalue weighted by Gasteiger charge is -2.17. The first-order valence-corrected chi connectivity index (χ1v) is 8.89. The van der Waals surface area contributed by atoms with Crippen LogP contribution in [-0.4, -0.2) is 39.8 Å². The summed E-state index contributed by atoms with van der Waals surface area (Å²) in [6, 6.07) is 4.00. The first-order valence-electron chi connectivity index (χ1n) is 8.89. The summed E-state index contributed by atoms with van der Waals surface area (Å²) in [5.41, 5.74) is -0.0257. The molecule has 1 aliphatic rings. The number of rotatable bonds is 3. The van der Waals surface area contributed by atoms with Crippen molar-refractivity contribution in [3.8, 4) is 11.1 Å². The standard InChI is InChI=1S/C19H17F4N5O/c1-28-9-26-16-12(10-2-4-11(5-3-10)19(21,22)23)6-25-17(15(16)18(28)29)27-14-8-24-7-13(14)20/h2-6,9,13-14,24H,7-8H2,1H3,(H,25,27)/t13-,14+/m0/s1. The lowest BCUT2D eigenvalue weighted by atomic mass is 10.0. The zero-order chi connectivity index (χ0) is 20.8. The Morgan fingerprint density at radius 1 is 1.17 bits per heavy atom. The molecule has 0 unspecified atom stereocenters. The Labute approximate surface area is 162 Å². The number of nitrogens with zero attached hydrogens (tertiary/aromatic N) is 3. The number of halogens is 4. The fourth-order valence-corrected chi connectivity index (χ4v) is 3.33. The molecule has 152 valence electrons. The highest BCUT2D eigenvalue weighted by Crippen LogP contribution is 2.33. The van der Waals surface area contributed by atoms with Crippen molar-refractivity contribution in [2.75, 3.05) is 18.4 Å². The van der Waals surface area contributed by atoms with Crippen molar-refractivity contribution >= 4 is 16.7 Å². The molecule has 1 aromatic carbocycles. The van der Waals surface area contributed by atoms with E-state index in [1.54, 1.807) is 0 Å². The highest BCUT2D eigenvalue weighted by molar-refractivity contribution is 5.98. The van der Waals surface area contributed by atoms with Gasteiger partial charge in [0.05, 0.1) is 23.4 Å². The largest absolute Gasteiger partial charge is 0.416 e. The molecule has 1 saturated heterocycles. The minimum atomic E-state index is -4.45. The molecule has 0 saturated carbocycles. The second-order valence-corrected chi connectivity index (χ2v) is 6.90. The van der Waals surface area contributed by atoms with Crippen LogP contribution >= 0.6 is 0 Å². The lowest BCUT2D eigenvalue weighted by Crippen LogP contribution is -2.31. The molecule has 3 aromatic rings. The lowest BCUT2D eigenvalue weighted by molar-refractivity contribution is -0.137. The van der Waals surface area contributed by atoms with Gasteiger partial charge in [-0.2, -0.15) is 13.2 Å². The van der Waals surface area contributed by atoms with Gasteiger partial charge in [-0.05, 0) is 17.7 Å². The Morgan fingerprint density at radius 3 is 2.52 bits per heavy atom. The Morgan fingerprint density at radius 2 is 1.90 bits per heavy atom. The molecule has 29 heavy (non-hydrogen) atoms. The summed E-state index contributed by atoms with van der Waals surface area (Å²) in [7, 11) is 1.53. The number of aryl methyl sites for hydroxylation is 1. The van der Waals surface area contributed by atoms with Crippen molar-refractivity contribution in [3.63, 3.8) is 0 Å². The van der Waals surface area contributed by atoms with Crippen LogP contribution in [0.3, 0.4) is 0 Å². The molecule has 6 nitrogen and oxygen atoms in total. The van der Waals surface area contributed by atoms with Gasteiger partial charge in [-0.25, -0.2) is 14.4 Å². The third kappa shape index (κ3) is 3.55. The number of alkyl halides is 4. The molecule has 1 fully saturated rings. The van der Waals surface area contributed by atoms with Gasteiger partial charge < -0.3 is 15.2 Å². The molecule has 0 bridgehead atoms. The summed E-state index contributed by atoms with van der Waals surface area (Å²) in [5, 5.41) is 6.03. The quantitative estimate of drug-likeness (QED) is 0.654. The van der Waals surface area contributed by atoms with Crippen LogP contribution in [0.5, 0.6) is 0 Å². The number of hydrogen-bond donors (Lipinski definition) is 2. The average molecular weight is 407 g/mol. The van der Waals surface area contributed by atoms with Gasteiger partial charge in [-0.15, -0.1) is 0 Å². The minimum Gasteiger partial charge on any atom is -0.362 e. The highest BCUT2D eigenvalue weighted by Gasteiger charge is 2.30. The third-order valence-electron chi connectivity index (χ3n) is 4.93. The molecule has 10 heteroatoms. The zero-order valence-electron chi connectivity index (χ0n) is 15.3. The van der Waals surface area contributed by atoms with Crippen LogP contribution in [0.25, 0.3) is 22.0 Å². The maximum atomic E-state index is 14.0. The van der Waals surface area contributed by atoms with Gasteiger partial charge in [-0.3, -0.25) is 4.79 Å². The van der Waals surface area contributed by atoms with Gasteiger partial charge in [0.15, 0.2) is 0 Å². The normalized spacial score (nSPS) is 19.6. The smallest absolute Gasteiger partial charge is 0.362 e. The number of fused-ring (bicyclic) bond motifs is 1. The number of benzene rings is 1. The third-order valence-corrected chi connectivity index (χ3v) is 4.93. The number of aromatic nitrogens is 3. The zero-order valence-corrected chi connectivity index (χ0v) is 15.3. The molecule has 4 rings (SSSR count). The van der Waals surface area contributed by atoms with E-state index in [0.29, 0.717) is 17.7 Å². The predicted molar refractivity (Wildman–Crippen MR) is 100 cm³/mol. The first kappa shape index (κ1) is 19.3. The van der Waals surface area contributed by atoms with E-state index < -0.39 is 24.0 Å². The van der Waals surface area contributed by atoms with Gasteiger partial charge >= 0.3 is 6.18 Å². The first-order chi connectivity index (χ1) is 13.8. The van der Waals surface area contributed by atoms with Crippen LogP contribution in [0.1, 0.15) is 5.56 Å². The molecule has 0 radical (unpaired) electrons. The maximum Gasteiger partial charge on any atom is 0.416 e. The van der Waals surface area contributed by atoms with Crippen LogP contribution < -0.4 is 16.2 Å². The van der Waals surface area contributed by atoms with Crippen molar-refractivity contribution in [1.29, 1.82) is 0 Å². The fourth-order valence-electron chi connectivity index (χ4n) is 3.33. The number of nitrogens with one attached hydrogen (secondary N) is 2. The molecule has 3 heterocycles. The van der Waals surface area contributed by atoms with Gasteiger partial charge in [0.25, 0.3) is 5.56 Å². The monoisotopic (exact) mass is 407 g/mol. The Kier molecular flexibility index (Phi) is 4.73. The van der Waals surface area contributed by atoms with E-state index in [0.717, 1.165) is 12.1 Å². The number of pyridine rings is 1. The van der Waals surface area contributed by atoms with Crippen molar-refractivity contribution in [1.82, 2.24) is 19.9 Å². The van der Waals surface area contributed by atoms with Gasteiger partial charge in [-0.1, -0.05) is 12.1 Å². The molecule has 2 atom stereocenters. The van der Waals surface area contributed by atoms with E-state index in [9.17, 15) is 22.4 Å². The van der Waals surface area contributed by atoms with E-state index in [1.807, 2.05) is 0 Å². The van der Waals surface area contributed by atoms with Crippen LogP contribution in [0.2, 0.25) is 0 Å². The van der Waals surface area contributed by atoms with E-state index in [1.165, 1.54) is 36.3 Å². The van der Waals surface area contributed by atoms with Crippen molar-refractivity contribution in [2.24, 2.45) is 7.05 Å². The van der Waals surface area contributed by atoms with Gasteiger partial charge in [0.1, 0.15) is 17.4 Å². The molecular weight excluding hydrogens is 390 g/mol. The highest BCUT2D eigenvalue weighted by atomic mass is 19.4. The topological polar surface area (TPSA) is 71.8 Å². The summed E-state index contributed by atoms with van der Waals surface area (Å²) >= 11 is 0. The minimum absolute atomic E-state index is 0.159. The molecule has 2 aromatic heterocycles. The Bertz CT molecular complexity index is 1110. The molecule has 0 amide bonds. The van der Waals surface area contributed by atoms with Gasteiger partial charge in [0, 0.05) is 31.9 Å². The number of anilines is 1. The van der Waals surface area contributed by atoms with Crippen LogP contribution in [0.4, 0.5) is 23.4 Å². The van der Waals surface area contributed by atoms with Crippen molar-refractivity contribution in [3.05, 3.63) is 52.7 Å². The maximum absolute atomic E-state index is 14.0. The number of hydrogen-bond acceptors (Lipinski definition) is 5.